The van der Waals surface area contributed by atoms with Gasteiger partial charge in [-0.25, -0.2) is 8.42 Å². The normalized spacial score (nSPS) is 12.8. The Morgan fingerprint density at radius 2 is 1.73 bits per heavy atom. The first-order valence-corrected chi connectivity index (χ1v) is 15.1. The largest absolute Gasteiger partial charge is 0.464 e. The molecule has 2 heterocycles. The van der Waals surface area contributed by atoms with Gasteiger partial charge in [-0.15, -0.1) is 0 Å². The quantitative estimate of drug-likeness (QED) is 0.203. The monoisotopic (exact) mass is 578 g/mol. The Kier molecular flexibility index (Phi) is 8.92. The number of carbonyl (C=O) groups excluding carboxylic acids is 1. The average molecular weight is 579 g/mol. The van der Waals surface area contributed by atoms with E-state index in [1.54, 1.807) is 23.1 Å². The lowest BCUT2D eigenvalue weighted by atomic mass is 10.1. The fraction of sp³-hybridized carbons (Fsp3) is 0.323. The molecule has 0 unspecified atom stereocenters. The first kappa shape index (κ1) is 28.7. The minimum Gasteiger partial charge on any atom is -0.464 e. The summed E-state index contributed by atoms with van der Waals surface area (Å²) in [6, 6.07) is 21.8. The van der Waals surface area contributed by atoms with Crippen molar-refractivity contribution in [2.45, 2.75) is 38.3 Å². The van der Waals surface area contributed by atoms with Crippen LogP contribution in [0.15, 0.2) is 82.1 Å². The molecule has 5 rings (SSSR count). The molecule has 0 fully saturated rings. The van der Waals surface area contributed by atoms with Crippen molar-refractivity contribution in [2.24, 2.45) is 0 Å². The number of amides is 1. The van der Waals surface area contributed by atoms with Crippen molar-refractivity contribution in [3.05, 3.63) is 89.9 Å². The summed E-state index contributed by atoms with van der Waals surface area (Å²) in [5.41, 5.74) is 0.825. The average Bonchev–Trinajstić information content (AvgIpc) is 3.62. The van der Waals surface area contributed by atoms with Gasteiger partial charge >= 0.3 is 0 Å². The van der Waals surface area contributed by atoms with Crippen LogP contribution in [0.1, 0.15) is 30.4 Å². The summed E-state index contributed by atoms with van der Waals surface area (Å²) < 4.78 is 51.2. The van der Waals surface area contributed by atoms with Gasteiger partial charge < -0.3 is 23.5 Å². The molecule has 0 atom stereocenters. The van der Waals surface area contributed by atoms with Crippen LogP contribution in [-0.4, -0.2) is 56.6 Å². The molecular formula is C31H34N2O7S. The van der Waals surface area contributed by atoms with Crippen molar-refractivity contribution in [1.29, 1.82) is 0 Å². The number of hydrogen-bond acceptors (Lipinski definition) is 7. The Morgan fingerprint density at radius 1 is 0.927 bits per heavy atom. The maximum atomic E-state index is 13.9. The van der Waals surface area contributed by atoms with Gasteiger partial charge in [0.25, 0.3) is 0 Å². The van der Waals surface area contributed by atoms with E-state index < -0.39 is 10.0 Å². The number of aryl methyl sites for hydroxylation is 1. The second kappa shape index (κ2) is 12.8. The van der Waals surface area contributed by atoms with E-state index >= 15 is 0 Å². The Hall–Kier alpha value is -3.86. The van der Waals surface area contributed by atoms with Gasteiger partial charge in [0.2, 0.25) is 22.7 Å². The van der Waals surface area contributed by atoms with Crippen LogP contribution in [0, 0.1) is 6.92 Å². The summed E-state index contributed by atoms with van der Waals surface area (Å²) in [4.78, 5) is 15.6. The van der Waals surface area contributed by atoms with E-state index in [1.165, 1.54) is 4.31 Å². The molecule has 3 aromatic carbocycles. The van der Waals surface area contributed by atoms with Crippen LogP contribution in [0.4, 0.5) is 0 Å². The number of benzene rings is 3. The summed E-state index contributed by atoms with van der Waals surface area (Å²) in [6.07, 6.45) is 0.452. The number of fused-ring (bicyclic) bond motifs is 2. The Labute approximate surface area is 240 Å². The molecule has 0 bridgehead atoms. The third-order valence-corrected chi connectivity index (χ3v) is 8.72. The molecule has 1 aliphatic rings. The molecule has 9 nitrogen and oxygen atoms in total. The van der Waals surface area contributed by atoms with E-state index in [-0.39, 0.29) is 43.8 Å². The minimum absolute atomic E-state index is 0.138. The fourth-order valence-corrected chi connectivity index (χ4v) is 6.21. The SMILES string of the molecule is CCOCCCN(CC(=O)N(Cc1ccc2c(c1)OCO2)Cc1ccc(C)o1)S(=O)(=O)c1ccc2ccccc2c1. The van der Waals surface area contributed by atoms with Crippen LogP contribution in [0.3, 0.4) is 0 Å². The summed E-state index contributed by atoms with van der Waals surface area (Å²) in [7, 11) is -3.99. The van der Waals surface area contributed by atoms with Gasteiger partial charge in [0.1, 0.15) is 11.5 Å². The molecule has 0 saturated carbocycles. The second-order valence-electron chi connectivity index (χ2n) is 9.85. The van der Waals surface area contributed by atoms with E-state index in [9.17, 15) is 13.2 Å². The smallest absolute Gasteiger partial charge is 0.243 e. The third-order valence-electron chi connectivity index (χ3n) is 6.88. The molecule has 41 heavy (non-hydrogen) atoms. The molecule has 0 spiro atoms. The molecule has 0 saturated heterocycles. The van der Waals surface area contributed by atoms with Crippen LogP contribution in [0.25, 0.3) is 10.8 Å². The van der Waals surface area contributed by atoms with E-state index in [1.807, 2.05) is 68.4 Å². The number of rotatable bonds is 13. The van der Waals surface area contributed by atoms with Crippen molar-refractivity contribution < 1.29 is 31.8 Å². The zero-order valence-corrected chi connectivity index (χ0v) is 24.1. The third kappa shape index (κ3) is 6.90. The molecule has 1 aromatic heterocycles. The minimum atomic E-state index is -3.99. The summed E-state index contributed by atoms with van der Waals surface area (Å²) >= 11 is 0. The van der Waals surface area contributed by atoms with Gasteiger partial charge in [-0.05, 0) is 73.0 Å². The highest BCUT2D eigenvalue weighted by Gasteiger charge is 2.29. The van der Waals surface area contributed by atoms with Crippen molar-refractivity contribution in [3.63, 3.8) is 0 Å². The van der Waals surface area contributed by atoms with E-state index in [2.05, 4.69) is 0 Å². The van der Waals surface area contributed by atoms with E-state index in [4.69, 9.17) is 18.6 Å². The molecular weight excluding hydrogens is 544 g/mol. The zero-order valence-electron chi connectivity index (χ0n) is 23.2. The molecule has 0 aliphatic carbocycles. The highest BCUT2D eigenvalue weighted by atomic mass is 32.2. The molecule has 0 radical (unpaired) electrons. The van der Waals surface area contributed by atoms with Crippen molar-refractivity contribution in [2.75, 3.05) is 33.1 Å². The topological polar surface area (TPSA) is 98.5 Å². The number of ether oxygens (including phenoxy) is 3. The number of nitrogens with zero attached hydrogens (tertiary/aromatic N) is 2. The Balaban J connectivity index is 1.41. The molecule has 0 N–H and O–H groups in total. The highest BCUT2D eigenvalue weighted by Crippen LogP contribution is 2.33. The lowest BCUT2D eigenvalue weighted by Gasteiger charge is -2.27. The predicted octanol–water partition coefficient (Wildman–Crippen LogP) is 5.12. The zero-order chi connectivity index (χ0) is 28.8. The van der Waals surface area contributed by atoms with Crippen LogP contribution >= 0.6 is 0 Å². The van der Waals surface area contributed by atoms with Gasteiger partial charge in [0.15, 0.2) is 11.5 Å². The van der Waals surface area contributed by atoms with Crippen LogP contribution in [0.5, 0.6) is 11.5 Å². The van der Waals surface area contributed by atoms with Crippen molar-refractivity contribution in [1.82, 2.24) is 9.21 Å². The van der Waals surface area contributed by atoms with Crippen molar-refractivity contribution >= 4 is 26.7 Å². The van der Waals surface area contributed by atoms with Gasteiger partial charge in [-0.2, -0.15) is 4.31 Å². The Bertz CT molecular complexity index is 1620. The maximum absolute atomic E-state index is 13.9. The van der Waals surface area contributed by atoms with E-state index in [0.717, 1.165) is 22.1 Å². The standard InChI is InChI=1S/C31H34N2O7S/c1-3-37-16-6-15-33(41(35,36)28-13-11-25-7-4-5-8-26(25)18-28)21-31(34)32(20-27-12-9-23(2)40-27)19-24-10-14-29-30(17-24)39-22-38-29/h4-5,7-14,17-18H,3,6,15-16,19-22H2,1-2H3. The number of sulfonamides is 1. The molecule has 216 valence electrons. The molecule has 1 aliphatic heterocycles. The van der Waals surface area contributed by atoms with Crippen LogP contribution in [-0.2, 0) is 32.6 Å². The number of hydrogen-bond donors (Lipinski definition) is 0. The number of carbonyl (C=O) groups is 1. The summed E-state index contributed by atoms with van der Waals surface area (Å²) in [5.74, 6) is 2.25. The lowest BCUT2D eigenvalue weighted by molar-refractivity contribution is -0.133. The van der Waals surface area contributed by atoms with Crippen LogP contribution < -0.4 is 9.47 Å². The molecule has 1 amide bonds. The van der Waals surface area contributed by atoms with E-state index in [0.29, 0.717) is 36.9 Å². The summed E-state index contributed by atoms with van der Waals surface area (Å²) in [6.45, 7) is 5.02. The second-order valence-corrected chi connectivity index (χ2v) is 11.8. The lowest BCUT2D eigenvalue weighted by Crippen LogP contribution is -2.43. The fourth-order valence-electron chi connectivity index (χ4n) is 4.75. The first-order valence-electron chi connectivity index (χ1n) is 13.6. The Morgan fingerprint density at radius 3 is 2.51 bits per heavy atom. The van der Waals surface area contributed by atoms with Gasteiger partial charge in [0.05, 0.1) is 18.0 Å². The van der Waals surface area contributed by atoms with Gasteiger partial charge in [0, 0.05) is 26.3 Å². The van der Waals surface area contributed by atoms with Crippen LogP contribution in [0.2, 0.25) is 0 Å². The van der Waals surface area contributed by atoms with Gasteiger partial charge in [-0.1, -0.05) is 36.4 Å². The van der Waals surface area contributed by atoms with Gasteiger partial charge in [-0.3, -0.25) is 4.79 Å². The first-order chi connectivity index (χ1) is 19.8. The predicted molar refractivity (Wildman–Crippen MR) is 154 cm³/mol. The molecule has 4 aromatic rings. The maximum Gasteiger partial charge on any atom is 0.243 e. The molecule has 10 heteroatoms. The highest BCUT2D eigenvalue weighted by molar-refractivity contribution is 7.89. The number of furan rings is 1. The van der Waals surface area contributed by atoms with Crippen molar-refractivity contribution in [3.8, 4) is 11.5 Å². The summed E-state index contributed by atoms with van der Waals surface area (Å²) in [5, 5.41) is 1.75.